The summed E-state index contributed by atoms with van der Waals surface area (Å²) in [5.41, 5.74) is 1.69. The number of nitrogens with one attached hydrogen (secondary N) is 1. The summed E-state index contributed by atoms with van der Waals surface area (Å²) in [6.45, 7) is 24.1. The first-order valence-corrected chi connectivity index (χ1v) is 6.29. The van der Waals surface area contributed by atoms with Crippen molar-refractivity contribution in [1.29, 1.82) is 0 Å². The van der Waals surface area contributed by atoms with E-state index in [1.807, 2.05) is 0 Å². The zero-order valence-electron chi connectivity index (χ0n) is 12.4. The van der Waals surface area contributed by atoms with E-state index >= 15 is 0 Å². The van der Waals surface area contributed by atoms with Crippen LogP contribution in [0, 0.1) is 5.41 Å². The molecule has 0 atom stereocenters. The molecule has 0 saturated carbocycles. The number of hydrogen-bond acceptors (Lipinski definition) is 1. The molecule has 0 aromatic heterocycles. The van der Waals surface area contributed by atoms with Crippen molar-refractivity contribution in [3.05, 3.63) is 25.4 Å². The van der Waals surface area contributed by atoms with Crippen LogP contribution in [0.15, 0.2) is 25.4 Å². The Hall–Kier alpha value is -0.720. The van der Waals surface area contributed by atoms with E-state index in [0.717, 1.165) is 18.7 Å². The van der Waals surface area contributed by atoms with Gasteiger partial charge in [-0.3, -0.25) is 0 Å². The molecule has 1 N–H and O–H groups in total. The molecule has 0 unspecified atom stereocenters. The average molecular weight is 227 g/mol. The lowest BCUT2D eigenvalue weighted by molar-refractivity contribution is 0.398. The minimum Gasteiger partial charge on any atom is -0.389 e. The van der Waals surface area contributed by atoms with Crippen LogP contribution in [0.3, 0.4) is 0 Å². The van der Waals surface area contributed by atoms with Crippen LogP contribution < -0.4 is 5.32 Å². The molecule has 0 spiro atoms. The zero-order chi connectivity index (χ0) is 13.6. The van der Waals surface area contributed by atoms with Crippen molar-refractivity contribution in [1.82, 2.24) is 5.32 Å². The van der Waals surface area contributed by atoms with Gasteiger partial charge in [0.1, 0.15) is 0 Å². The minimum atomic E-state index is 0.542. The van der Waals surface area contributed by atoms with Gasteiger partial charge in [-0.2, -0.15) is 0 Å². The molecule has 1 nitrogen and oxygen atoms in total. The van der Waals surface area contributed by atoms with Gasteiger partial charge < -0.3 is 5.32 Å². The highest BCUT2D eigenvalue weighted by Crippen LogP contribution is 2.16. The average Bonchev–Trinajstić information content (AvgIpc) is 2.28. The van der Waals surface area contributed by atoms with Crippen LogP contribution in [-0.2, 0) is 0 Å². The third kappa shape index (κ3) is 29.2. The van der Waals surface area contributed by atoms with Crippen LogP contribution in [0.1, 0.15) is 60.8 Å². The minimum absolute atomic E-state index is 0.542. The van der Waals surface area contributed by atoms with E-state index in [2.05, 4.69) is 66.6 Å². The molecule has 0 radical (unpaired) electrons. The van der Waals surface area contributed by atoms with E-state index in [1.165, 1.54) is 12.8 Å². The molecule has 0 rings (SSSR count). The molecule has 0 amide bonds. The molecule has 0 bridgehead atoms. The highest BCUT2D eigenvalue weighted by Gasteiger charge is 2.03. The van der Waals surface area contributed by atoms with E-state index in [4.69, 9.17) is 0 Å². The summed E-state index contributed by atoms with van der Waals surface area (Å²) in [4.78, 5) is 0. The lowest BCUT2D eigenvalue weighted by atomic mass is 9.94. The van der Waals surface area contributed by atoms with Crippen molar-refractivity contribution < 1.29 is 0 Å². The second-order valence-electron chi connectivity index (χ2n) is 4.80. The third-order valence-electron chi connectivity index (χ3n) is 2.11. The van der Waals surface area contributed by atoms with Gasteiger partial charge in [-0.05, 0) is 18.3 Å². The van der Waals surface area contributed by atoms with Crippen molar-refractivity contribution in [2.75, 3.05) is 6.54 Å². The van der Waals surface area contributed by atoms with E-state index in [1.54, 1.807) is 0 Å². The van der Waals surface area contributed by atoms with Gasteiger partial charge >= 0.3 is 0 Å². The molecule has 0 aliphatic heterocycles. The zero-order valence-corrected chi connectivity index (χ0v) is 12.4. The summed E-state index contributed by atoms with van der Waals surface area (Å²) in [5, 5.41) is 3.19. The molecular weight excluding hydrogens is 194 g/mol. The fourth-order valence-electron chi connectivity index (χ4n) is 0.427. The Labute approximate surface area is 104 Å². The fraction of sp³-hybridized carbons (Fsp3) is 0.733. The van der Waals surface area contributed by atoms with Gasteiger partial charge in [-0.1, -0.05) is 54.5 Å². The Morgan fingerprint density at radius 1 is 1.06 bits per heavy atom. The van der Waals surface area contributed by atoms with Gasteiger partial charge in [0.2, 0.25) is 0 Å². The lowest BCUT2D eigenvalue weighted by Gasteiger charge is -2.12. The topological polar surface area (TPSA) is 12.0 Å². The van der Waals surface area contributed by atoms with Crippen molar-refractivity contribution in [2.24, 2.45) is 5.41 Å². The lowest BCUT2D eigenvalue weighted by Crippen LogP contribution is -2.11. The molecule has 0 aliphatic carbocycles. The van der Waals surface area contributed by atoms with Crippen LogP contribution >= 0.6 is 0 Å². The second kappa shape index (κ2) is 14.3. The Morgan fingerprint density at radius 3 is 1.62 bits per heavy atom. The molecule has 0 aromatic carbocycles. The maximum Gasteiger partial charge on any atom is 0.0141 e. The molecular formula is C15H33N. The predicted octanol–water partition coefficient (Wildman–Crippen LogP) is 5.15. The normalized spacial score (nSPS) is 9.12. The smallest absolute Gasteiger partial charge is 0.0141 e. The maximum absolute atomic E-state index is 3.80. The number of rotatable bonds is 4. The molecule has 0 fully saturated rings. The summed E-state index contributed by atoms with van der Waals surface area (Å²) in [5.74, 6) is 0. The standard InChI is InChI=1S/C7H15N.C6H14.C2H4/c1-4-6-8-7(3)5-2;1-5-6(2,3)4;1-2/h8H,3-6H2,1-2H3;5H2,1-4H3;1-2H2. The Bertz CT molecular complexity index is 142. The number of hydrogen-bond donors (Lipinski definition) is 1. The summed E-state index contributed by atoms with van der Waals surface area (Å²) < 4.78 is 0. The fourth-order valence-corrected chi connectivity index (χ4v) is 0.427. The third-order valence-corrected chi connectivity index (χ3v) is 2.11. The van der Waals surface area contributed by atoms with Gasteiger partial charge in [-0.15, -0.1) is 13.2 Å². The van der Waals surface area contributed by atoms with Gasteiger partial charge in [0.15, 0.2) is 0 Å². The van der Waals surface area contributed by atoms with Crippen LogP contribution in [0.2, 0.25) is 0 Å². The summed E-state index contributed by atoms with van der Waals surface area (Å²) >= 11 is 0. The Morgan fingerprint density at radius 2 is 1.44 bits per heavy atom. The quantitative estimate of drug-likeness (QED) is 0.655. The summed E-state index contributed by atoms with van der Waals surface area (Å²) in [6.07, 6.45) is 3.49. The highest BCUT2D eigenvalue weighted by molar-refractivity contribution is 4.88. The van der Waals surface area contributed by atoms with E-state index in [-0.39, 0.29) is 0 Å². The van der Waals surface area contributed by atoms with Gasteiger partial charge in [-0.25, -0.2) is 0 Å². The first-order chi connectivity index (χ1) is 7.37. The van der Waals surface area contributed by atoms with Crippen LogP contribution in [0.25, 0.3) is 0 Å². The van der Waals surface area contributed by atoms with E-state index < -0.39 is 0 Å². The van der Waals surface area contributed by atoms with Crippen molar-refractivity contribution in [2.45, 2.75) is 60.8 Å². The first-order valence-electron chi connectivity index (χ1n) is 6.29. The number of allylic oxidation sites excluding steroid dienone is 1. The highest BCUT2D eigenvalue weighted by atomic mass is 14.9. The van der Waals surface area contributed by atoms with Crippen LogP contribution in [-0.4, -0.2) is 6.54 Å². The molecule has 16 heavy (non-hydrogen) atoms. The van der Waals surface area contributed by atoms with E-state index in [9.17, 15) is 0 Å². The molecule has 0 heterocycles. The van der Waals surface area contributed by atoms with E-state index in [0.29, 0.717) is 5.41 Å². The van der Waals surface area contributed by atoms with Crippen molar-refractivity contribution in [3.63, 3.8) is 0 Å². The maximum atomic E-state index is 3.80. The summed E-state index contributed by atoms with van der Waals surface area (Å²) in [7, 11) is 0. The molecule has 0 aromatic rings. The summed E-state index contributed by atoms with van der Waals surface area (Å²) in [6, 6.07) is 0. The first kappa shape index (κ1) is 20.7. The van der Waals surface area contributed by atoms with Gasteiger partial charge in [0.25, 0.3) is 0 Å². The molecule has 0 saturated heterocycles. The van der Waals surface area contributed by atoms with Crippen molar-refractivity contribution >= 4 is 0 Å². The van der Waals surface area contributed by atoms with Gasteiger partial charge in [0.05, 0.1) is 0 Å². The van der Waals surface area contributed by atoms with Crippen LogP contribution in [0.5, 0.6) is 0 Å². The monoisotopic (exact) mass is 227 g/mol. The van der Waals surface area contributed by atoms with Crippen molar-refractivity contribution in [3.8, 4) is 0 Å². The predicted molar refractivity (Wildman–Crippen MR) is 78.7 cm³/mol. The van der Waals surface area contributed by atoms with Crippen LogP contribution in [0.4, 0.5) is 0 Å². The molecule has 1 heteroatoms. The SMILES string of the molecule is C=C.C=C(CC)NCCC.CCC(C)(C)C. The largest absolute Gasteiger partial charge is 0.389 e. The molecule has 98 valence electrons. The Kier molecular flexibility index (Phi) is 18.4. The Balaban J connectivity index is -0.000000188. The molecule has 0 aliphatic rings. The second-order valence-corrected chi connectivity index (χ2v) is 4.80. The van der Waals surface area contributed by atoms with Gasteiger partial charge in [0, 0.05) is 12.2 Å².